The molecule has 7 nitrogen and oxygen atoms in total. The molecule has 32 heavy (non-hydrogen) atoms. The Morgan fingerprint density at radius 1 is 1.19 bits per heavy atom. The number of aryl methyl sites for hydroxylation is 2. The minimum atomic E-state index is -4.41. The Morgan fingerprint density at radius 2 is 1.84 bits per heavy atom. The van der Waals surface area contributed by atoms with E-state index in [1.165, 1.54) is 39.8 Å². The highest BCUT2D eigenvalue weighted by Crippen LogP contribution is 2.38. The predicted octanol–water partition coefficient (Wildman–Crippen LogP) is 4.13. The molecule has 0 spiro atoms. The number of sulfonamides is 1. The second-order valence-corrected chi connectivity index (χ2v) is 11.2. The van der Waals surface area contributed by atoms with Crippen molar-refractivity contribution < 1.29 is 26.3 Å². The summed E-state index contributed by atoms with van der Waals surface area (Å²) in [5.74, 6) is 0.0440. The average Bonchev–Trinajstić information content (AvgIpc) is 3.00. The largest absolute Gasteiger partial charge is 0.411 e. The number of ether oxygens (including phenoxy) is 1. The van der Waals surface area contributed by atoms with Gasteiger partial charge in [0.25, 0.3) is 10.0 Å². The van der Waals surface area contributed by atoms with Crippen LogP contribution in [0.5, 0.6) is 0 Å². The highest BCUT2D eigenvalue weighted by atomic mass is 32.2. The number of imidazole rings is 1. The molecule has 0 fully saturated rings. The van der Waals surface area contributed by atoms with E-state index in [-0.39, 0.29) is 28.8 Å². The van der Waals surface area contributed by atoms with Gasteiger partial charge in [0.1, 0.15) is 12.3 Å². The van der Waals surface area contributed by atoms with E-state index < -0.39 is 28.5 Å². The molecule has 0 aliphatic carbocycles. The van der Waals surface area contributed by atoms with E-state index >= 15 is 0 Å². The maximum absolute atomic E-state index is 12.8. The summed E-state index contributed by atoms with van der Waals surface area (Å²) in [4.78, 5) is 17.2. The number of alkyl halides is 3. The first-order valence-electron chi connectivity index (χ1n) is 9.28. The van der Waals surface area contributed by atoms with E-state index in [4.69, 9.17) is 0 Å². The van der Waals surface area contributed by atoms with Crippen LogP contribution < -0.4 is 10.4 Å². The van der Waals surface area contributed by atoms with Gasteiger partial charge in [0.2, 0.25) is 0 Å². The Kier molecular flexibility index (Phi) is 7.22. The van der Waals surface area contributed by atoms with Crippen molar-refractivity contribution in [1.29, 1.82) is 0 Å². The number of fused-ring (bicyclic) bond motifs is 1. The standard InChI is InChI=1S/C19H20F3N3O4S3/c1-11-4-6-14(7-5-11)32(27,28)24-16-15-17(30-9-8-29-10-19(20,21)22)31-13(3)12(2)25(15)18(26)23-16/h4-7H,8-10H2,1-3H3,(H,23,24,26). The van der Waals surface area contributed by atoms with E-state index in [9.17, 15) is 26.4 Å². The van der Waals surface area contributed by atoms with Crippen molar-refractivity contribution in [3.8, 4) is 5.69 Å². The maximum Gasteiger partial charge on any atom is 0.411 e. The van der Waals surface area contributed by atoms with Crippen molar-refractivity contribution in [3.05, 3.63) is 50.9 Å². The van der Waals surface area contributed by atoms with Gasteiger partial charge in [-0.05, 0) is 32.9 Å². The highest BCUT2D eigenvalue weighted by molar-refractivity contribution is 8.01. The number of halogens is 3. The number of nitrogens with zero attached hydrogens (tertiary/aromatic N) is 2. The molecule has 0 saturated carbocycles. The number of benzene rings is 1. The molecule has 0 atom stereocenters. The Balaban J connectivity index is 1.92. The number of hydrogen-bond donors (Lipinski definition) is 1. The van der Waals surface area contributed by atoms with Crippen molar-refractivity contribution in [1.82, 2.24) is 9.55 Å². The van der Waals surface area contributed by atoms with Crippen LogP contribution in [0.25, 0.3) is 5.69 Å². The lowest BCUT2D eigenvalue weighted by Gasteiger charge is -2.16. The van der Waals surface area contributed by atoms with Crippen LogP contribution in [0.2, 0.25) is 0 Å². The van der Waals surface area contributed by atoms with Crippen LogP contribution in [-0.4, -0.2) is 43.1 Å². The number of thioether (sulfide) groups is 1. The van der Waals surface area contributed by atoms with E-state index in [0.29, 0.717) is 9.90 Å². The zero-order valence-corrected chi connectivity index (χ0v) is 19.8. The third kappa shape index (κ3) is 5.63. The quantitative estimate of drug-likeness (QED) is 0.364. The highest BCUT2D eigenvalue weighted by Gasteiger charge is 2.28. The molecular weight excluding hydrogens is 487 g/mol. The van der Waals surface area contributed by atoms with Crippen LogP contribution >= 0.6 is 23.1 Å². The van der Waals surface area contributed by atoms with Crippen LogP contribution in [0.3, 0.4) is 0 Å². The molecule has 0 saturated heterocycles. The molecule has 13 heteroatoms. The molecule has 1 N–H and O–H groups in total. The number of anilines is 1. The fourth-order valence-corrected chi connectivity index (χ4v) is 6.15. The summed E-state index contributed by atoms with van der Waals surface area (Å²) >= 11 is 2.47. The Morgan fingerprint density at radius 3 is 2.47 bits per heavy atom. The zero-order valence-electron chi connectivity index (χ0n) is 17.3. The summed E-state index contributed by atoms with van der Waals surface area (Å²) in [6, 6.07) is 6.19. The van der Waals surface area contributed by atoms with Gasteiger partial charge in [-0.25, -0.2) is 13.2 Å². The third-order valence-corrected chi connectivity index (χ3v) is 8.18. The molecule has 0 aromatic heterocycles. The van der Waals surface area contributed by atoms with E-state index in [0.717, 1.165) is 10.4 Å². The van der Waals surface area contributed by atoms with Gasteiger partial charge in [-0.2, -0.15) is 18.2 Å². The molecule has 1 aromatic rings. The van der Waals surface area contributed by atoms with Gasteiger partial charge in [0.15, 0.2) is 5.82 Å². The van der Waals surface area contributed by atoms with Gasteiger partial charge in [-0.3, -0.25) is 9.29 Å². The number of hydrogen-bond acceptors (Lipinski definition) is 7. The van der Waals surface area contributed by atoms with E-state index in [1.807, 2.05) is 6.92 Å². The van der Waals surface area contributed by atoms with Crippen molar-refractivity contribution in [2.24, 2.45) is 0 Å². The number of aromatic nitrogens is 2. The summed E-state index contributed by atoms with van der Waals surface area (Å²) in [7, 11) is -4.01. The summed E-state index contributed by atoms with van der Waals surface area (Å²) in [6.07, 6.45) is -4.41. The molecule has 0 amide bonds. The molecule has 0 unspecified atom stereocenters. The fourth-order valence-electron chi connectivity index (χ4n) is 2.77. The van der Waals surface area contributed by atoms with E-state index in [2.05, 4.69) is 14.4 Å². The molecule has 0 radical (unpaired) electrons. The van der Waals surface area contributed by atoms with Crippen molar-refractivity contribution in [3.63, 3.8) is 0 Å². The minimum absolute atomic E-state index is 0.0129. The van der Waals surface area contributed by atoms with Crippen molar-refractivity contribution >= 4 is 38.9 Å². The van der Waals surface area contributed by atoms with Gasteiger partial charge in [0.05, 0.1) is 15.7 Å². The molecule has 174 valence electrons. The van der Waals surface area contributed by atoms with Crippen LogP contribution in [0.1, 0.15) is 16.1 Å². The van der Waals surface area contributed by atoms with Gasteiger partial charge in [-0.15, -0.1) is 23.1 Å². The molecule has 2 aliphatic rings. The number of rotatable bonds is 8. The van der Waals surface area contributed by atoms with Gasteiger partial charge < -0.3 is 4.74 Å². The second-order valence-electron chi connectivity index (χ2n) is 6.89. The molecular formula is C19H20F3N3O4S3. The summed E-state index contributed by atoms with van der Waals surface area (Å²) in [6.45, 7) is 3.81. The summed E-state index contributed by atoms with van der Waals surface area (Å²) in [5.41, 5.74) is 1.10. The average molecular weight is 508 g/mol. The Bertz CT molecular complexity index is 1240. The topological polar surface area (TPSA) is 90.3 Å². The first kappa shape index (κ1) is 24.6. The van der Waals surface area contributed by atoms with Crippen molar-refractivity contribution in [2.75, 3.05) is 23.7 Å². The Labute approximate surface area is 191 Å². The lowest BCUT2D eigenvalue weighted by molar-refractivity contribution is -0.172. The predicted molar refractivity (Wildman–Crippen MR) is 118 cm³/mol. The third-order valence-electron chi connectivity index (χ3n) is 4.42. The van der Waals surface area contributed by atoms with Crippen LogP contribution in [0.15, 0.2) is 38.2 Å². The van der Waals surface area contributed by atoms with Gasteiger partial charge >= 0.3 is 11.9 Å². The second kappa shape index (κ2) is 9.41. The minimum Gasteiger partial charge on any atom is -0.371 e. The fraction of sp³-hybridized carbons (Fsp3) is 0.368. The van der Waals surface area contributed by atoms with Crippen LogP contribution in [0.4, 0.5) is 19.0 Å². The smallest absolute Gasteiger partial charge is 0.371 e. The maximum atomic E-state index is 12.8. The normalized spacial score (nSPS) is 12.4. The summed E-state index contributed by atoms with van der Waals surface area (Å²) < 4.78 is 71.3. The van der Waals surface area contributed by atoms with Crippen LogP contribution in [0, 0.1) is 20.8 Å². The van der Waals surface area contributed by atoms with E-state index in [1.54, 1.807) is 26.0 Å². The zero-order chi connectivity index (χ0) is 23.7. The lowest BCUT2D eigenvalue weighted by atomic mass is 10.2. The van der Waals surface area contributed by atoms with Gasteiger partial charge in [0, 0.05) is 16.3 Å². The monoisotopic (exact) mass is 507 g/mol. The first-order chi connectivity index (χ1) is 14.9. The number of nitrogens with one attached hydrogen (secondary N) is 1. The van der Waals surface area contributed by atoms with Gasteiger partial charge in [-0.1, -0.05) is 17.7 Å². The molecule has 3 rings (SSSR count). The summed E-state index contributed by atoms with van der Waals surface area (Å²) in [5, 5.41) is 0. The van der Waals surface area contributed by atoms with Crippen molar-refractivity contribution in [2.45, 2.75) is 36.1 Å². The Hall–Kier alpha value is -2.09. The molecule has 0 bridgehead atoms. The lowest BCUT2D eigenvalue weighted by Crippen LogP contribution is -2.18. The van der Waals surface area contributed by atoms with Crippen LogP contribution in [-0.2, 0) is 14.8 Å². The molecule has 2 heterocycles. The molecule has 2 aliphatic heterocycles. The SMILES string of the molecule is Cc1ccc(S(=O)(=O)Nc2nc(=O)n3c(C)c(C)sc(SCCOCC(F)(F)F)c2-3)cc1. The molecule has 1 aromatic carbocycles. The first-order valence-corrected chi connectivity index (χ1v) is 12.6.